The van der Waals surface area contributed by atoms with Crippen LogP contribution in [0.2, 0.25) is 0 Å². The largest absolute Gasteiger partial charge is 0.361 e. The lowest BCUT2D eigenvalue weighted by molar-refractivity contribution is -0.125. The minimum Gasteiger partial charge on any atom is -0.361 e. The molecule has 9 heteroatoms. The van der Waals surface area contributed by atoms with Crippen molar-refractivity contribution in [3.8, 4) is 0 Å². The summed E-state index contributed by atoms with van der Waals surface area (Å²) in [5.41, 5.74) is 0.967. The number of aromatic nitrogens is 2. The van der Waals surface area contributed by atoms with Crippen molar-refractivity contribution in [1.82, 2.24) is 14.4 Å². The van der Waals surface area contributed by atoms with Gasteiger partial charge < -0.3 is 9.84 Å². The summed E-state index contributed by atoms with van der Waals surface area (Å²) >= 11 is 0. The van der Waals surface area contributed by atoms with E-state index in [9.17, 15) is 17.6 Å². The van der Waals surface area contributed by atoms with E-state index in [0.29, 0.717) is 28.1 Å². The number of carbonyl (C=O) groups excluding carboxylic acids is 1. The van der Waals surface area contributed by atoms with Gasteiger partial charge in [0.1, 0.15) is 17.3 Å². The zero-order valence-electron chi connectivity index (χ0n) is 19.3. The average molecular weight is 494 g/mol. The summed E-state index contributed by atoms with van der Waals surface area (Å²) in [6.07, 6.45) is 4.72. The van der Waals surface area contributed by atoms with Gasteiger partial charge in [-0.3, -0.25) is 4.79 Å². The molecule has 1 N–H and O–H groups in total. The highest BCUT2D eigenvalue weighted by Gasteiger charge is 2.44. The van der Waals surface area contributed by atoms with Crippen LogP contribution in [-0.2, 0) is 21.4 Å². The Kier molecular flexibility index (Phi) is 5.59. The zero-order chi connectivity index (χ0) is 24.8. The number of amides is 1. The second-order valence-corrected chi connectivity index (χ2v) is 10.9. The third kappa shape index (κ3) is 4.39. The molecule has 2 aromatic carbocycles. The highest BCUT2D eigenvalue weighted by Crippen LogP contribution is 2.45. The standard InChI is InChI=1S/C26H24FN3O4S/c1-17-12-20(29-34-17)9-8-18-15-24-19(14-23(18)27)13-21(16-28-25(31)26(2)10-11-26)30(24)35(32,33)22-6-4-3-5-7-22/h3-9,12-15H,10-11,16H2,1-2H3,(H,28,31)/b9-8+. The molecule has 1 fully saturated rings. The van der Waals surface area contributed by atoms with Crippen molar-refractivity contribution in [3.05, 3.63) is 83.1 Å². The Bertz CT molecular complexity index is 1560. The molecule has 2 heterocycles. The van der Waals surface area contributed by atoms with E-state index in [2.05, 4.69) is 10.5 Å². The Morgan fingerprint density at radius 2 is 1.91 bits per heavy atom. The fourth-order valence-electron chi connectivity index (χ4n) is 3.95. The lowest BCUT2D eigenvalue weighted by Crippen LogP contribution is -2.31. The maximum Gasteiger partial charge on any atom is 0.268 e. The van der Waals surface area contributed by atoms with Crippen molar-refractivity contribution in [3.63, 3.8) is 0 Å². The van der Waals surface area contributed by atoms with E-state index in [1.165, 1.54) is 34.3 Å². The Balaban J connectivity index is 1.61. The molecule has 0 radical (unpaired) electrons. The molecular formula is C26H24FN3O4S. The van der Waals surface area contributed by atoms with Gasteiger partial charge in [0.2, 0.25) is 5.91 Å². The minimum atomic E-state index is -4.02. The lowest BCUT2D eigenvalue weighted by atomic mass is 10.1. The fraction of sp³-hybridized carbons (Fsp3) is 0.231. The quantitative estimate of drug-likeness (QED) is 0.395. The van der Waals surface area contributed by atoms with Crippen molar-refractivity contribution < 1.29 is 22.1 Å². The first-order chi connectivity index (χ1) is 16.7. The van der Waals surface area contributed by atoms with Gasteiger partial charge in [0.25, 0.3) is 10.0 Å². The Morgan fingerprint density at radius 3 is 2.57 bits per heavy atom. The molecule has 7 nitrogen and oxygen atoms in total. The summed E-state index contributed by atoms with van der Waals surface area (Å²) in [5, 5.41) is 7.13. The average Bonchev–Trinajstić information content (AvgIpc) is 3.29. The van der Waals surface area contributed by atoms with Gasteiger partial charge >= 0.3 is 0 Å². The summed E-state index contributed by atoms with van der Waals surface area (Å²) in [4.78, 5) is 12.6. The second kappa shape index (κ2) is 8.49. The normalized spacial score (nSPS) is 15.1. The Labute approximate surface area is 202 Å². The Hall–Kier alpha value is -3.72. The van der Waals surface area contributed by atoms with Gasteiger partial charge in [0.15, 0.2) is 0 Å². The predicted molar refractivity (Wildman–Crippen MR) is 130 cm³/mol. The number of aryl methyl sites for hydroxylation is 1. The number of hydrogen-bond acceptors (Lipinski definition) is 5. The van der Waals surface area contributed by atoms with Crippen molar-refractivity contribution in [1.29, 1.82) is 0 Å². The summed E-state index contributed by atoms with van der Waals surface area (Å²) in [6.45, 7) is 3.63. The van der Waals surface area contributed by atoms with Crippen molar-refractivity contribution in [2.45, 2.75) is 38.1 Å². The van der Waals surface area contributed by atoms with Crippen molar-refractivity contribution >= 4 is 39.0 Å². The van der Waals surface area contributed by atoms with Crippen LogP contribution in [0.3, 0.4) is 0 Å². The molecule has 4 aromatic rings. The van der Waals surface area contributed by atoms with E-state index in [4.69, 9.17) is 4.52 Å². The van der Waals surface area contributed by atoms with E-state index in [1.54, 1.807) is 43.3 Å². The minimum absolute atomic E-state index is 0.000174. The molecule has 0 unspecified atom stereocenters. The third-order valence-corrected chi connectivity index (χ3v) is 8.07. The molecule has 0 aliphatic heterocycles. The SMILES string of the molecule is Cc1cc(/C=C/c2cc3c(cc2F)cc(CNC(=O)C2(C)CC2)n3S(=O)(=O)c2ccccc2)no1. The molecular weight excluding hydrogens is 469 g/mol. The third-order valence-electron chi connectivity index (χ3n) is 6.29. The van der Waals surface area contributed by atoms with Crippen LogP contribution in [-0.4, -0.2) is 23.5 Å². The van der Waals surface area contributed by atoms with E-state index >= 15 is 0 Å². The number of fused-ring (bicyclic) bond motifs is 1. The lowest BCUT2D eigenvalue weighted by Gasteiger charge is -2.14. The molecule has 0 bridgehead atoms. The highest BCUT2D eigenvalue weighted by atomic mass is 32.2. The van der Waals surface area contributed by atoms with Crippen LogP contribution in [0.4, 0.5) is 4.39 Å². The number of nitrogens with zero attached hydrogens (tertiary/aromatic N) is 2. The highest BCUT2D eigenvalue weighted by molar-refractivity contribution is 7.90. The van der Waals surface area contributed by atoms with Crippen LogP contribution in [0, 0.1) is 18.2 Å². The van der Waals surface area contributed by atoms with Gasteiger partial charge in [0, 0.05) is 22.4 Å². The molecule has 0 atom stereocenters. The van der Waals surface area contributed by atoms with Crippen LogP contribution in [0.1, 0.15) is 42.5 Å². The number of benzene rings is 2. The maximum absolute atomic E-state index is 14.9. The fourth-order valence-corrected chi connectivity index (χ4v) is 5.50. The summed E-state index contributed by atoms with van der Waals surface area (Å²) < 4.78 is 48.5. The first-order valence-corrected chi connectivity index (χ1v) is 12.7. The van der Waals surface area contributed by atoms with Crippen LogP contribution in [0.25, 0.3) is 23.1 Å². The monoisotopic (exact) mass is 493 g/mol. The molecule has 0 saturated heterocycles. The van der Waals surface area contributed by atoms with Gasteiger partial charge in [0.05, 0.1) is 22.7 Å². The Morgan fingerprint density at radius 1 is 1.17 bits per heavy atom. The van der Waals surface area contributed by atoms with Crippen LogP contribution >= 0.6 is 0 Å². The number of carbonyl (C=O) groups is 1. The van der Waals surface area contributed by atoms with Gasteiger partial charge in [-0.1, -0.05) is 30.3 Å². The van der Waals surface area contributed by atoms with Gasteiger partial charge in [-0.25, -0.2) is 16.8 Å². The molecule has 1 aliphatic rings. The summed E-state index contributed by atoms with van der Waals surface area (Å²) in [5.74, 6) is -0.0106. The molecule has 1 saturated carbocycles. The zero-order valence-corrected chi connectivity index (χ0v) is 20.1. The number of rotatable bonds is 7. The molecule has 2 aromatic heterocycles. The molecule has 0 spiro atoms. The smallest absolute Gasteiger partial charge is 0.268 e. The topological polar surface area (TPSA) is 94.2 Å². The molecule has 5 rings (SSSR count). The van der Waals surface area contributed by atoms with E-state index in [1.807, 2.05) is 6.92 Å². The van der Waals surface area contributed by atoms with Gasteiger partial charge in [-0.2, -0.15) is 0 Å². The van der Waals surface area contributed by atoms with Crippen molar-refractivity contribution in [2.75, 3.05) is 0 Å². The molecule has 1 aliphatic carbocycles. The van der Waals surface area contributed by atoms with Crippen LogP contribution < -0.4 is 5.32 Å². The molecule has 1 amide bonds. The van der Waals surface area contributed by atoms with E-state index < -0.39 is 21.3 Å². The second-order valence-electron chi connectivity index (χ2n) is 9.09. The summed E-state index contributed by atoms with van der Waals surface area (Å²) in [7, 11) is -4.02. The van der Waals surface area contributed by atoms with Gasteiger partial charge in [-0.05, 0) is 62.2 Å². The molecule has 180 valence electrons. The summed E-state index contributed by atoms with van der Waals surface area (Å²) in [6, 6.07) is 14.1. The number of hydrogen-bond donors (Lipinski definition) is 1. The maximum atomic E-state index is 14.9. The molecule has 35 heavy (non-hydrogen) atoms. The van der Waals surface area contributed by atoms with E-state index in [-0.39, 0.29) is 22.9 Å². The number of nitrogens with one attached hydrogen (secondary N) is 1. The van der Waals surface area contributed by atoms with Crippen LogP contribution in [0.15, 0.2) is 64.0 Å². The number of halogens is 1. The first-order valence-electron chi connectivity index (χ1n) is 11.2. The van der Waals surface area contributed by atoms with Crippen molar-refractivity contribution in [2.24, 2.45) is 5.41 Å². The first kappa shape index (κ1) is 23.0. The van der Waals surface area contributed by atoms with Crippen LogP contribution in [0.5, 0.6) is 0 Å². The predicted octanol–water partition coefficient (Wildman–Crippen LogP) is 4.90. The van der Waals surface area contributed by atoms with E-state index in [0.717, 1.165) is 12.8 Å². The van der Waals surface area contributed by atoms with Gasteiger partial charge in [-0.15, -0.1) is 0 Å².